The smallest absolute Gasteiger partial charge is 0.354 e. The quantitative estimate of drug-likeness (QED) is 0.406. The summed E-state index contributed by atoms with van der Waals surface area (Å²) in [5.74, 6) is -1.09. The van der Waals surface area contributed by atoms with E-state index in [0.717, 1.165) is 50.8 Å². The van der Waals surface area contributed by atoms with Gasteiger partial charge in [-0.1, -0.05) is 12.8 Å². The third-order valence-corrected chi connectivity index (χ3v) is 6.50. The molecule has 0 spiro atoms. The first kappa shape index (κ1) is 25.2. The number of hydrogen-bond donors (Lipinski definition) is 3. The number of nitrogens with one attached hydrogen (secondary N) is 3. The summed E-state index contributed by atoms with van der Waals surface area (Å²) in [6.45, 7) is 1.40. The number of aromatic nitrogens is 4. The van der Waals surface area contributed by atoms with Crippen LogP contribution < -0.4 is 16.0 Å². The van der Waals surface area contributed by atoms with Crippen molar-refractivity contribution >= 4 is 41.0 Å². The van der Waals surface area contributed by atoms with Crippen LogP contribution in [0.1, 0.15) is 60.9 Å². The molecule has 3 N–H and O–H groups in total. The predicted molar refractivity (Wildman–Crippen MR) is 129 cm³/mol. The van der Waals surface area contributed by atoms with E-state index in [-0.39, 0.29) is 24.0 Å². The van der Waals surface area contributed by atoms with E-state index in [2.05, 4.69) is 31.0 Å². The number of halogens is 4. The van der Waals surface area contributed by atoms with Crippen molar-refractivity contribution in [2.75, 3.05) is 30.8 Å². The molecule has 3 heterocycles. The van der Waals surface area contributed by atoms with Crippen LogP contribution in [0.15, 0.2) is 24.4 Å². The average Bonchev–Trinajstić information content (AvgIpc) is 3.52. The van der Waals surface area contributed by atoms with Crippen molar-refractivity contribution < 1.29 is 18.0 Å². The summed E-state index contributed by atoms with van der Waals surface area (Å²) < 4.78 is 42.1. The van der Waals surface area contributed by atoms with Crippen LogP contribution in [0, 0.1) is 0 Å². The SMILES string of the molecule is CNCCCNc1nc(C2C(=O)Nc3ccc(C(F)(F)F)cc32)c2cn(C3CCCC3)nc2n1.Cl. The van der Waals surface area contributed by atoms with Crippen LogP contribution in [0.4, 0.5) is 24.8 Å². The molecular weight excluding hydrogens is 483 g/mol. The molecule has 0 saturated heterocycles. The third kappa shape index (κ3) is 4.92. The molecule has 0 bridgehead atoms. The summed E-state index contributed by atoms with van der Waals surface area (Å²) in [4.78, 5) is 22.2. The molecule has 8 nitrogen and oxygen atoms in total. The molecule has 2 aliphatic rings. The molecule has 1 amide bonds. The Kier molecular flexibility index (Phi) is 7.18. The Balaban J connectivity index is 0.00000289. The first-order chi connectivity index (χ1) is 16.3. The number of anilines is 2. The van der Waals surface area contributed by atoms with Crippen molar-refractivity contribution in [2.24, 2.45) is 0 Å². The topological polar surface area (TPSA) is 96.8 Å². The van der Waals surface area contributed by atoms with Gasteiger partial charge in [0.25, 0.3) is 0 Å². The Morgan fingerprint density at radius 3 is 2.66 bits per heavy atom. The largest absolute Gasteiger partial charge is 0.416 e. The fraction of sp³-hybridized carbons (Fsp3) is 0.478. The van der Waals surface area contributed by atoms with Gasteiger partial charge in [0.05, 0.1) is 22.7 Å². The van der Waals surface area contributed by atoms with Crippen molar-refractivity contribution in [3.05, 3.63) is 41.2 Å². The first-order valence-corrected chi connectivity index (χ1v) is 11.5. The van der Waals surface area contributed by atoms with Gasteiger partial charge in [-0.25, -0.2) is 4.98 Å². The zero-order valence-corrected chi connectivity index (χ0v) is 20.0. The van der Waals surface area contributed by atoms with Gasteiger partial charge in [-0.15, -0.1) is 12.4 Å². The van der Waals surface area contributed by atoms with E-state index in [1.807, 2.05) is 17.9 Å². The van der Waals surface area contributed by atoms with Crippen molar-refractivity contribution in [1.29, 1.82) is 0 Å². The normalized spacial score (nSPS) is 17.9. The molecular formula is C23H27ClF3N7O. The minimum Gasteiger partial charge on any atom is -0.354 e. The first-order valence-electron chi connectivity index (χ1n) is 11.5. The fourth-order valence-corrected chi connectivity index (χ4v) is 4.77. The monoisotopic (exact) mass is 509 g/mol. The van der Waals surface area contributed by atoms with Crippen molar-refractivity contribution in [3.63, 3.8) is 0 Å². The highest BCUT2D eigenvalue weighted by Gasteiger charge is 2.39. The van der Waals surface area contributed by atoms with Gasteiger partial charge in [0.1, 0.15) is 5.92 Å². The number of carbonyl (C=O) groups is 1. The maximum Gasteiger partial charge on any atom is 0.416 e. The second-order valence-corrected chi connectivity index (χ2v) is 8.82. The molecule has 1 aliphatic carbocycles. The predicted octanol–water partition coefficient (Wildman–Crippen LogP) is 4.49. The van der Waals surface area contributed by atoms with E-state index >= 15 is 0 Å². The van der Waals surface area contributed by atoms with E-state index in [1.165, 1.54) is 6.07 Å². The Bertz CT molecular complexity index is 1220. The molecule has 188 valence electrons. The van der Waals surface area contributed by atoms with Crippen molar-refractivity contribution in [2.45, 2.75) is 50.2 Å². The van der Waals surface area contributed by atoms with Gasteiger partial charge in [0, 0.05) is 18.4 Å². The van der Waals surface area contributed by atoms with Gasteiger partial charge in [-0.3, -0.25) is 9.48 Å². The molecule has 1 atom stereocenters. The Morgan fingerprint density at radius 2 is 1.94 bits per heavy atom. The van der Waals surface area contributed by atoms with Gasteiger partial charge >= 0.3 is 6.18 Å². The fourth-order valence-electron chi connectivity index (χ4n) is 4.77. The lowest BCUT2D eigenvalue weighted by Gasteiger charge is -2.13. The van der Waals surface area contributed by atoms with E-state index in [9.17, 15) is 18.0 Å². The lowest BCUT2D eigenvalue weighted by Crippen LogP contribution is -2.17. The lowest BCUT2D eigenvalue weighted by atomic mass is 9.93. The molecule has 5 rings (SSSR count). The summed E-state index contributed by atoms with van der Waals surface area (Å²) >= 11 is 0. The number of nitrogens with zero attached hydrogens (tertiary/aromatic N) is 4. The summed E-state index contributed by atoms with van der Waals surface area (Å²) in [7, 11) is 1.86. The Morgan fingerprint density at radius 1 is 1.17 bits per heavy atom. The number of benzene rings is 1. The molecule has 0 radical (unpaired) electrons. The van der Waals surface area contributed by atoms with Crippen LogP contribution in [0.25, 0.3) is 11.0 Å². The number of rotatable bonds is 7. The van der Waals surface area contributed by atoms with Crippen LogP contribution in [0.5, 0.6) is 0 Å². The minimum atomic E-state index is -4.51. The summed E-state index contributed by atoms with van der Waals surface area (Å²) in [6, 6.07) is 3.56. The van der Waals surface area contributed by atoms with Crippen molar-refractivity contribution in [3.8, 4) is 0 Å². The molecule has 3 aromatic rings. The molecule has 1 unspecified atom stereocenters. The summed E-state index contributed by atoms with van der Waals surface area (Å²) in [5.41, 5.74) is 0.614. The molecule has 2 aromatic heterocycles. The number of amides is 1. The molecule has 1 saturated carbocycles. The van der Waals surface area contributed by atoms with Gasteiger partial charge in [0.15, 0.2) is 5.65 Å². The second kappa shape index (κ2) is 9.98. The zero-order valence-electron chi connectivity index (χ0n) is 19.2. The van der Waals surface area contributed by atoms with Crippen LogP contribution in [-0.2, 0) is 11.0 Å². The van der Waals surface area contributed by atoms with E-state index in [1.54, 1.807) is 0 Å². The van der Waals surface area contributed by atoms with Gasteiger partial charge in [0.2, 0.25) is 11.9 Å². The van der Waals surface area contributed by atoms with Gasteiger partial charge in [-0.05, 0) is 56.6 Å². The standard InChI is InChI=1S/C23H26F3N7O.ClH/c1-27-9-4-10-28-22-30-19(16-12-33(32-20(16)31-22)14-5-2-3-6-14)18-15-11-13(23(24,25)26)7-8-17(15)29-21(18)34;/h7-8,11-12,14,18,27H,2-6,9-10H2,1H3,(H,29,34)(H,28,31,32);1H. The second-order valence-electron chi connectivity index (χ2n) is 8.82. The molecule has 12 heteroatoms. The van der Waals surface area contributed by atoms with Crippen LogP contribution in [-0.4, -0.2) is 45.8 Å². The van der Waals surface area contributed by atoms with E-state index < -0.39 is 23.6 Å². The van der Waals surface area contributed by atoms with E-state index in [4.69, 9.17) is 0 Å². The maximum absolute atomic E-state index is 13.4. The van der Waals surface area contributed by atoms with Gasteiger partial charge in [-0.2, -0.15) is 23.3 Å². The Labute approximate surface area is 206 Å². The van der Waals surface area contributed by atoms with Crippen LogP contribution >= 0.6 is 12.4 Å². The number of hydrogen-bond acceptors (Lipinski definition) is 6. The zero-order chi connectivity index (χ0) is 23.9. The molecule has 1 aromatic carbocycles. The maximum atomic E-state index is 13.4. The van der Waals surface area contributed by atoms with Crippen LogP contribution in [0.3, 0.4) is 0 Å². The Hall–Kier alpha value is -2.92. The summed E-state index contributed by atoms with van der Waals surface area (Å²) in [6.07, 6.45) is 2.41. The summed E-state index contributed by atoms with van der Waals surface area (Å²) in [5, 5.41) is 14.2. The minimum absolute atomic E-state index is 0. The van der Waals surface area contributed by atoms with E-state index in [0.29, 0.717) is 34.9 Å². The number of carbonyl (C=O) groups excluding carboxylic acids is 1. The number of fused-ring (bicyclic) bond motifs is 2. The lowest BCUT2D eigenvalue weighted by molar-refractivity contribution is -0.137. The highest BCUT2D eigenvalue weighted by molar-refractivity contribution is 6.06. The molecule has 1 fully saturated rings. The van der Waals surface area contributed by atoms with Gasteiger partial charge < -0.3 is 16.0 Å². The third-order valence-electron chi connectivity index (χ3n) is 6.50. The van der Waals surface area contributed by atoms with Crippen molar-refractivity contribution in [1.82, 2.24) is 25.1 Å². The molecule has 1 aliphatic heterocycles. The highest BCUT2D eigenvalue weighted by atomic mass is 35.5. The van der Waals surface area contributed by atoms with Crippen LogP contribution in [0.2, 0.25) is 0 Å². The molecule has 35 heavy (non-hydrogen) atoms. The highest BCUT2D eigenvalue weighted by Crippen LogP contribution is 2.42. The average molecular weight is 510 g/mol. The number of alkyl halides is 3.